The van der Waals surface area contributed by atoms with Crippen LogP contribution in [0.4, 0.5) is 0 Å². The molecule has 0 radical (unpaired) electrons. The molecule has 0 N–H and O–H groups in total. The van der Waals surface area contributed by atoms with Gasteiger partial charge in [0.1, 0.15) is 0 Å². The third-order valence-corrected chi connectivity index (χ3v) is 2.34. The molecule has 2 heteroatoms. The van der Waals surface area contributed by atoms with Gasteiger partial charge in [-0.25, -0.2) is 0 Å². The Hall–Kier alpha value is -0.240. The number of hydrogen-bond acceptors (Lipinski definition) is 2. The first-order chi connectivity index (χ1) is 4.68. The van der Waals surface area contributed by atoms with E-state index in [1.54, 1.807) is 0 Å². The van der Waals surface area contributed by atoms with Gasteiger partial charge >= 0.3 is 0 Å². The van der Waals surface area contributed by atoms with Crippen LogP contribution < -0.4 is 0 Å². The molecule has 0 aliphatic carbocycles. The Morgan fingerprint density at radius 2 is 2.40 bits per heavy atom. The molecule has 0 saturated carbocycles. The molecule has 0 atom stereocenters. The van der Waals surface area contributed by atoms with Gasteiger partial charge < -0.3 is 0 Å². The zero-order valence-corrected chi connectivity index (χ0v) is 7.20. The van der Waals surface area contributed by atoms with Gasteiger partial charge in [-0.15, -0.1) is 0 Å². The van der Waals surface area contributed by atoms with E-state index in [0.717, 1.165) is 6.42 Å². The van der Waals surface area contributed by atoms with E-state index < -0.39 is 0 Å². The highest BCUT2D eigenvalue weighted by Gasteiger charge is 2.13. The average Bonchev–Trinajstić information content (AvgIpc) is 2.13. The van der Waals surface area contributed by atoms with Gasteiger partial charge in [0.25, 0.3) is 0 Å². The van der Waals surface area contributed by atoms with Crippen LogP contribution in [0.3, 0.4) is 0 Å². The molecular weight excluding hydrogens is 144 g/mol. The average molecular weight is 156 g/mol. The third-order valence-electron chi connectivity index (χ3n) is 1.35. The van der Waals surface area contributed by atoms with Crippen molar-refractivity contribution in [2.45, 2.75) is 26.7 Å². The number of hydrogen-bond donors (Lipinski definition) is 0. The summed E-state index contributed by atoms with van der Waals surface area (Å²) in [6.07, 6.45) is 3.76. The van der Waals surface area contributed by atoms with Crippen LogP contribution in [0, 0.1) is 5.92 Å². The third kappa shape index (κ3) is 2.18. The highest BCUT2D eigenvalue weighted by atomic mass is 32.2. The van der Waals surface area contributed by atoms with Crippen LogP contribution in [0.2, 0.25) is 0 Å². The minimum atomic E-state index is 0.302. The van der Waals surface area contributed by atoms with E-state index in [9.17, 15) is 4.79 Å². The second kappa shape index (κ2) is 3.24. The molecule has 1 heterocycles. The molecule has 56 valence electrons. The van der Waals surface area contributed by atoms with Crippen molar-refractivity contribution in [2.24, 2.45) is 5.92 Å². The lowest BCUT2D eigenvalue weighted by molar-refractivity contribution is -0.110. The molecule has 0 aromatic carbocycles. The zero-order valence-electron chi connectivity index (χ0n) is 6.39. The minimum Gasteiger partial charge on any atom is -0.287 e. The van der Waals surface area contributed by atoms with E-state index in [1.165, 1.54) is 16.7 Å². The van der Waals surface area contributed by atoms with E-state index in [4.69, 9.17) is 0 Å². The Kier molecular flexibility index (Phi) is 2.55. The SMILES string of the molecule is CC(C)CC1=CCC(=O)S1. The van der Waals surface area contributed by atoms with Gasteiger partial charge in [-0.1, -0.05) is 31.7 Å². The molecule has 0 unspecified atom stereocenters. The van der Waals surface area contributed by atoms with E-state index >= 15 is 0 Å². The maximum absolute atomic E-state index is 10.7. The zero-order chi connectivity index (χ0) is 7.56. The summed E-state index contributed by atoms with van der Waals surface area (Å²) < 4.78 is 0. The number of carbonyl (C=O) groups is 1. The molecule has 0 amide bonds. The van der Waals surface area contributed by atoms with Crippen molar-refractivity contribution < 1.29 is 4.79 Å². The number of carbonyl (C=O) groups excluding carboxylic acids is 1. The summed E-state index contributed by atoms with van der Waals surface area (Å²) in [7, 11) is 0. The maximum atomic E-state index is 10.7. The molecule has 1 aliphatic rings. The summed E-state index contributed by atoms with van der Waals surface area (Å²) in [5, 5.41) is 0.302. The van der Waals surface area contributed by atoms with Crippen LogP contribution in [0.5, 0.6) is 0 Å². The molecule has 1 nitrogen and oxygen atoms in total. The van der Waals surface area contributed by atoms with E-state index in [0.29, 0.717) is 17.5 Å². The van der Waals surface area contributed by atoms with Crippen LogP contribution in [0.1, 0.15) is 26.7 Å². The van der Waals surface area contributed by atoms with Crippen LogP contribution >= 0.6 is 11.8 Å². The Morgan fingerprint density at radius 1 is 1.70 bits per heavy atom. The summed E-state index contributed by atoms with van der Waals surface area (Å²) >= 11 is 1.42. The maximum Gasteiger partial charge on any atom is 0.197 e. The lowest BCUT2D eigenvalue weighted by atomic mass is 10.1. The van der Waals surface area contributed by atoms with Gasteiger partial charge in [0.2, 0.25) is 0 Å². The van der Waals surface area contributed by atoms with Gasteiger partial charge in [-0.05, 0) is 17.2 Å². The lowest BCUT2D eigenvalue weighted by Gasteiger charge is -2.02. The van der Waals surface area contributed by atoms with Gasteiger partial charge in [0.05, 0.1) is 0 Å². The van der Waals surface area contributed by atoms with Gasteiger partial charge in [-0.3, -0.25) is 4.79 Å². The molecule has 1 rings (SSSR count). The van der Waals surface area contributed by atoms with Crippen molar-refractivity contribution in [1.29, 1.82) is 0 Å². The normalized spacial score (nSPS) is 18.3. The molecule has 0 bridgehead atoms. The predicted octanol–water partition coefficient (Wildman–Crippen LogP) is 2.58. The predicted molar refractivity (Wildman–Crippen MR) is 44.8 cm³/mol. The summed E-state index contributed by atoms with van der Waals surface area (Å²) in [5.74, 6) is 0.671. The molecule has 0 saturated heterocycles. The Bertz CT molecular complexity index is 170. The summed E-state index contributed by atoms with van der Waals surface area (Å²) in [6.45, 7) is 4.34. The van der Waals surface area contributed by atoms with Crippen molar-refractivity contribution in [1.82, 2.24) is 0 Å². The van der Waals surface area contributed by atoms with Crippen molar-refractivity contribution in [2.75, 3.05) is 0 Å². The number of rotatable bonds is 2. The molecule has 0 spiro atoms. The Morgan fingerprint density at radius 3 is 2.80 bits per heavy atom. The smallest absolute Gasteiger partial charge is 0.197 e. The number of thioether (sulfide) groups is 1. The Labute approximate surface area is 65.9 Å². The van der Waals surface area contributed by atoms with Crippen LogP contribution in [-0.2, 0) is 4.79 Å². The van der Waals surface area contributed by atoms with E-state index in [2.05, 4.69) is 13.8 Å². The highest BCUT2D eigenvalue weighted by molar-refractivity contribution is 8.17. The van der Waals surface area contributed by atoms with Crippen molar-refractivity contribution >= 4 is 16.9 Å². The number of allylic oxidation sites excluding steroid dienone is 2. The first-order valence-electron chi connectivity index (χ1n) is 3.58. The minimum absolute atomic E-state index is 0.302. The van der Waals surface area contributed by atoms with Crippen LogP contribution in [0.15, 0.2) is 11.0 Å². The molecule has 0 aromatic rings. The fourth-order valence-electron chi connectivity index (χ4n) is 0.954. The summed E-state index contributed by atoms with van der Waals surface area (Å²) in [5.41, 5.74) is 0. The van der Waals surface area contributed by atoms with Crippen molar-refractivity contribution in [3.8, 4) is 0 Å². The molecule has 1 aliphatic heterocycles. The second-order valence-corrected chi connectivity index (χ2v) is 4.13. The standard InChI is InChI=1S/C8H12OS/c1-6(2)5-7-3-4-8(9)10-7/h3,6H,4-5H2,1-2H3. The molecule has 0 fully saturated rings. The summed E-state index contributed by atoms with van der Waals surface area (Å²) in [4.78, 5) is 12.0. The van der Waals surface area contributed by atoms with E-state index in [-0.39, 0.29) is 0 Å². The van der Waals surface area contributed by atoms with Crippen molar-refractivity contribution in [3.63, 3.8) is 0 Å². The first-order valence-corrected chi connectivity index (χ1v) is 4.40. The topological polar surface area (TPSA) is 17.1 Å². The fraction of sp³-hybridized carbons (Fsp3) is 0.625. The van der Waals surface area contributed by atoms with Gasteiger partial charge in [0, 0.05) is 6.42 Å². The second-order valence-electron chi connectivity index (χ2n) is 2.95. The first kappa shape index (κ1) is 7.86. The van der Waals surface area contributed by atoms with Gasteiger partial charge in [0.15, 0.2) is 5.12 Å². The largest absolute Gasteiger partial charge is 0.287 e. The monoisotopic (exact) mass is 156 g/mol. The quantitative estimate of drug-likeness (QED) is 0.611. The molecule has 0 aromatic heterocycles. The lowest BCUT2D eigenvalue weighted by Crippen LogP contribution is -1.86. The highest BCUT2D eigenvalue weighted by Crippen LogP contribution is 2.31. The van der Waals surface area contributed by atoms with E-state index in [1.807, 2.05) is 6.08 Å². The molecule has 10 heavy (non-hydrogen) atoms. The van der Waals surface area contributed by atoms with Gasteiger partial charge in [-0.2, -0.15) is 0 Å². The Balaban J connectivity index is 2.37. The molecular formula is C8H12OS. The summed E-state index contributed by atoms with van der Waals surface area (Å²) in [6, 6.07) is 0. The van der Waals surface area contributed by atoms with Crippen molar-refractivity contribution in [3.05, 3.63) is 11.0 Å². The van der Waals surface area contributed by atoms with Crippen LogP contribution in [0.25, 0.3) is 0 Å². The fourth-order valence-corrected chi connectivity index (χ4v) is 2.00. The van der Waals surface area contributed by atoms with Crippen LogP contribution in [-0.4, -0.2) is 5.12 Å².